The molecule has 2 atom stereocenters. The Morgan fingerprint density at radius 2 is 2.26 bits per heavy atom. The molecule has 1 aromatic heterocycles. The highest BCUT2D eigenvalue weighted by molar-refractivity contribution is 7.99. The molecule has 0 aliphatic carbocycles. The van der Waals surface area contributed by atoms with E-state index >= 15 is 0 Å². The van der Waals surface area contributed by atoms with E-state index < -0.39 is 0 Å². The summed E-state index contributed by atoms with van der Waals surface area (Å²) in [5.74, 6) is 0. The summed E-state index contributed by atoms with van der Waals surface area (Å²) in [4.78, 5) is 8.80. The summed E-state index contributed by atoms with van der Waals surface area (Å²) >= 11 is 1.71. The van der Waals surface area contributed by atoms with Crippen molar-refractivity contribution in [1.29, 1.82) is 0 Å². The number of thioether (sulfide) groups is 1. The number of hydrogen-bond donors (Lipinski definition) is 1. The zero-order valence-electron chi connectivity index (χ0n) is 11.5. The van der Waals surface area contributed by atoms with Gasteiger partial charge in [0.2, 0.25) is 0 Å². The lowest BCUT2D eigenvalue weighted by atomic mass is 10.3. The lowest BCUT2D eigenvalue weighted by molar-refractivity contribution is 0.127. The summed E-state index contributed by atoms with van der Waals surface area (Å²) in [5, 5.41) is 4.58. The van der Waals surface area contributed by atoms with Crippen molar-refractivity contribution in [2.75, 3.05) is 26.9 Å². The first kappa shape index (κ1) is 14.7. The van der Waals surface area contributed by atoms with Crippen molar-refractivity contribution in [3.63, 3.8) is 0 Å². The molecule has 1 N–H and O–H groups in total. The van der Waals surface area contributed by atoms with Gasteiger partial charge in [-0.15, -0.1) is 0 Å². The Bertz CT molecular complexity index is 375. The maximum atomic E-state index is 5.54. The van der Waals surface area contributed by atoms with Crippen molar-refractivity contribution in [2.45, 2.75) is 36.4 Å². The number of ether oxygens (including phenoxy) is 2. The van der Waals surface area contributed by atoms with Crippen molar-refractivity contribution in [3.05, 3.63) is 18.0 Å². The summed E-state index contributed by atoms with van der Waals surface area (Å²) in [7, 11) is 1.70. The summed E-state index contributed by atoms with van der Waals surface area (Å²) in [6.07, 6.45) is 5.14. The van der Waals surface area contributed by atoms with E-state index in [-0.39, 0.29) is 0 Å². The molecule has 5 nitrogen and oxygen atoms in total. The topological polar surface area (TPSA) is 56.3 Å². The van der Waals surface area contributed by atoms with Gasteiger partial charge in [-0.25, -0.2) is 9.97 Å². The molecule has 1 aliphatic rings. The minimum absolute atomic E-state index is 0.295. The Morgan fingerprint density at radius 3 is 2.89 bits per heavy atom. The third kappa shape index (κ3) is 4.72. The van der Waals surface area contributed by atoms with E-state index in [1.165, 1.54) is 0 Å². The average molecular weight is 283 g/mol. The first-order chi connectivity index (χ1) is 9.29. The fraction of sp³-hybridized carbons (Fsp3) is 0.692. The van der Waals surface area contributed by atoms with Crippen molar-refractivity contribution >= 4 is 11.8 Å². The van der Waals surface area contributed by atoms with Crippen LogP contribution in [0.15, 0.2) is 17.6 Å². The monoisotopic (exact) mass is 283 g/mol. The van der Waals surface area contributed by atoms with Crippen LogP contribution in [0.3, 0.4) is 0 Å². The first-order valence-corrected chi connectivity index (χ1v) is 7.46. The van der Waals surface area contributed by atoms with Gasteiger partial charge in [0, 0.05) is 50.0 Å². The summed E-state index contributed by atoms with van der Waals surface area (Å²) in [6.45, 7) is 5.29. The molecule has 0 amide bonds. The maximum absolute atomic E-state index is 5.54. The predicted molar refractivity (Wildman–Crippen MR) is 75.3 cm³/mol. The molecule has 0 spiro atoms. The molecule has 0 radical (unpaired) electrons. The number of rotatable bonds is 7. The summed E-state index contributed by atoms with van der Waals surface area (Å²) < 4.78 is 10.5. The molecule has 1 fully saturated rings. The van der Waals surface area contributed by atoms with Crippen LogP contribution in [0.4, 0.5) is 0 Å². The number of hydrogen-bond acceptors (Lipinski definition) is 6. The van der Waals surface area contributed by atoms with Crippen LogP contribution in [0, 0.1) is 0 Å². The van der Waals surface area contributed by atoms with E-state index in [0.29, 0.717) is 18.0 Å². The third-order valence-electron chi connectivity index (χ3n) is 3.06. The van der Waals surface area contributed by atoms with E-state index in [1.54, 1.807) is 18.9 Å². The second-order valence-corrected chi connectivity index (χ2v) is 5.77. The molecule has 2 heterocycles. The van der Waals surface area contributed by atoms with E-state index in [0.717, 1.165) is 36.8 Å². The van der Waals surface area contributed by atoms with Crippen LogP contribution in [0.25, 0.3) is 0 Å². The Labute approximate surface area is 118 Å². The van der Waals surface area contributed by atoms with Crippen LogP contribution in [-0.2, 0) is 16.0 Å². The van der Waals surface area contributed by atoms with E-state index in [9.17, 15) is 0 Å². The Morgan fingerprint density at radius 1 is 1.47 bits per heavy atom. The van der Waals surface area contributed by atoms with Crippen molar-refractivity contribution < 1.29 is 9.47 Å². The van der Waals surface area contributed by atoms with Crippen LogP contribution in [-0.4, -0.2) is 48.2 Å². The van der Waals surface area contributed by atoms with Crippen molar-refractivity contribution in [3.8, 4) is 0 Å². The smallest absolute Gasteiger partial charge is 0.187 e. The van der Waals surface area contributed by atoms with Gasteiger partial charge < -0.3 is 14.8 Å². The normalized spacial score (nSPS) is 22.8. The van der Waals surface area contributed by atoms with Gasteiger partial charge in [0.1, 0.15) is 0 Å². The fourth-order valence-corrected chi connectivity index (χ4v) is 2.89. The van der Waals surface area contributed by atoms with Gasteiger partial charge >= 0.3 is 0 Å². The average Bonchev–Trinajstić information content (AvgIpc) is 2.82. The minimum atomic E-state index is 0.295. The minimum Gasteiger partial charge on any atom is -0.383 e. The highest BCUT2D eigenvalue weighted by Crippen LogP contribution is 2.30. The summed E-state index contributed by atoms with van der Waals surface area (Å²) in [5.41, 5.74) is 1.09. The second kappa shape index (κ2) is 7.79. The molecule has 0 saturated carbocycles. The molecule has 6 heteroatoms. The first-order valence-electron chi connectivity index (χ1n) is 6.58. The van der Waals surface area contributed by atoms with Gasteiger partial charge in [0.15, 0.2) is 5.16 Å². The van der Waals surface area contributed by atoms with Gasteiger partial charge in [-0.1, -0.05) is 11.8 Å². The lowest BCUT2D eigenvalue weighted by Crippen LogP contribution is -2.18. The predicted octanol–water partition coefficient (Wildman–Crippen LogP) is 1.48. The highest BCUT2D eigenvalue weighted by atomic mass is 32.2. The molecular formula is C13H21N3O2S. The molecule has 106 valence electrons. The molecule has 0 aromatic carbocycles. The molecule has 1 aromatic rings. The van der Waals surface area contributed by atoms with Crippen LogP contribution >= 0.6 is 11.8 Å². The molecule has 2 unspecified atom stereocenters. The SMILES string of the molecule is COCCNCc1cnc(SC2CCOC2C)nc1. The number of nitrogens with one attached hydrogen (secondary N) is 1. The van der Waals surface area contributed by atoms with Gasteiger partial charge in [-0.05, 0) is 13.3 Å². The zero-order chi connectivity index (χ0) is 13.5. The number of aromatic nitrogens is 2. The Hall–Kier alpha value is -0.690. The molecule has 19 heavy (non-hydrogen) atoms. The lowest BCUT2D eigenvalue weighted by Gasteiger charge is -2.12. The van der Waals surface area contributed by atoms with Crippen LogP contribution in [0.2, 0.25) is 0 Å². The number of methoxy groups -OCH3 is 1. The van der Waals surface area contributed by atoms with Gasteiger partial charge in [-0.2, -0.15) is 0 Å². The number of nitrogens with zero attached hydrogens (tertiary/aromatic N) is 2. The summed E-state index contributed by atoms with van der Waals surface area (Å²) in [6, 6.07) is 0. The highest BCUT2D eigenvalue weighted by Gasteiger charge is 2.25. The van der Waals surface area contributed by atoms with Crippen molar-refractivity contribution in [1.82, 2.24) is 15.3 Å². The largest absolute Gasteiger partial charge is 0.383 e. The molecule has 0 bridgehead atoms. The standard InChI is InChI=1S/C13H21N3O2S/c1-10-12(3-5-18-10)19-13-15-8-11(9-16-13)7-14-4-6-17-2/h8-10,12,14H,3-7H2,1-2H3. The van der Waals surface area contributed by atoms with E-state index in [1.807, 2.05) is 12.4 Å². The molecule has 2 rings (SSSR count). The van der Waals surface area contributed by atoms with E-state index in [2.05, 4.69) is 22.2 Å². The zero-order valence-corrected chi connectivity index (χ0v) is 12.3. The van der Waals surface area contributed by atoms with Gasteiger partial charge in [0.05, 0.1) is 12.7 Å². The van der Waals surface area contributed by atoms with Crippen LogP contribution in [0.1, 0.15) is 18.9 Å². The third-order valence-corrected chi connectivity index (χ3v) is 4.40. The van der Waals surface area contributed by atoms with Gasteiger partial charge in [-0.3, -0.25) is 0 Å². The molecular weight excluding hydrogens is 262 g/mol. The molecule has 1 aliphatic heterocycles. The van der Waals surface area contributed by atoms with Crippen LogP contribution in [0.5, 0.6) is 0 Å². The quantitative estimate of drug-likeness (QED) is 0.604. The Balaban J connectivity index is 1.77. The Kier molecular flexibility index (Phi) is 6.03. The van der Waals surface area contributed by atoms with Gasteiger partial charge in [0.25, 0.3) is 0 Å². The second-order valence-electron chi connectivity index (χ2n) is 4.56. The maximum Gasteiger partial charge on any atom is 0.187 e. The van der Waals surface area contributed by atoms with Crippen LogP contribution < -0.4 is 5.32 Å². The van der Waals surface area contributed by atoms with Crippen molar-refractivity contribution in [2.24, 2.45) is 0 Å². The fourth-order valence-electron chi connectivity index (χ4n) is 1.90. The molecule has 1 saturated heterocycles. The van der Waals surface area contributed by atoms with E-state index in [4.69, 9.17) is 9.47 Å².